The third-order valence-electron chi connectivity index (χ3n) is 3.60. The van der Waals surface area contributed by atoms with E-state index in [2.05, 4.69) is 15.7 Å². The number of benzene rings is 1. The van der Waals surface area contributed by atoms with Crippen molar-refractivity contribution < 1.29 is 14.3 Å². The molecule has 8 nitrogen and oxygen atoms in total. The lowest BCUT2D eigenvalue weighted by Crippen LogP contribution is -2.39. The predicted octanol–water partition coefficient (Wildman–Crippen LogP) is 1.87. The molecule has 1 aromatic carbocycles. The van der Waals surface area contributed by atoms with E-state index in [0.29, 0.717) is 17.1 Å². The molecule has 2 amide bonds. The van der Waals surface area contributed by atoms with E-state index in [4.69, 9.17) is 10.5 Å². The molecule has 9 heteroatoms. The second kappa shape index (κ2) is 9.79. The number of ether oxygens (including phenoxy) is 1. The third kappa shape index (κ3) is 6.05. The van der Waals surface area contributed by atoms with Gasteiger partial charge >= 0.3 is 0 Å². The molecule has 0 saturated heterocycles. The molecule has 0 aliphatic heterocycles. The number of carbonyl (C=O) groups is 2. The summed E-state index contributed by atoms with van der Waals surface area (Å²) in [4.78, 5) is 24.0. The quantitative estimate of drug-likeness (QED) is 0.678. The van der Waals surface area contributed by atoms with E-state index < -0.39 is 6.04 Å². The van der Waals surface area contributed by atoms with Gasteiger partial charge in [0.1, 0.15) is 12.3 Å². The fraction of sp³-hybridized carbons (Fsp3) is 0.353. The summed E-state index contributed by atoms with van der Waals surface area (Å²) in [6, 6.07) is 6.42. The highest BCUT2D eigenvalue weighted by molar-refractivity contribution is 5.94. The molecule has 142 valence electrons. The van der Waals surface area contributed by atoms with Crippen LogP contribution in [0.3, 0.4) is 0 Å². The van der Waals surface area contributed by atoms with Gasteiger partial charge in [0.05, 0.1) is 25.0 Å². The molecule has 0 aliphatic rings. The van der Waals surface area contributed by atoms with Gasteiger partial charge in [-0.25, -0.2) is 0 Å². The van der Waals surface area contributed by atoms with Crippen molar-refractivity contribution in [3.8, 4) is 5.75 Å². The van der Waals surface area contributed by atoms with Gasteiger partial charge in [-0.1, -0.05) is 13.8 Å². The van der Waals surface area contributed by atoms with E-state index in [1.54, 1.807) is 37.6 Å². The molecule has 26 heavy (non-hydrogen) atoms. The maximum absolute atomic E-state index is 12.1. The normalized spacial score (nSPS) is 11.4. The Hall–Kier alpha value is -2.58. The van der Waals surface area contributed by atoms with Crippen molar-refractivity contribution in [2.75, 3.05) is 17.7 Å². The lowest BCUT2D eigenvalue weighted by Gasteiger charge is -2.14. The predicted molar refractivity (Wildman–Crippen MR) is 103 cm³/mol. The second-order valence-corrected chi connectivity index (χ2v) is 5.96. The van der Waals surface area contributed by atoms with Crippen molar-refractivity contribution in [2.24, 2.45) is 11.7 Å². The first kappa shape index (κ1) is 21.5. The van der Waals surface area contributed by atoms with Crippen LogP contribution in [0.4, 0.5) is 11.4 Å². The highest BCUT2D eigenvalue weighted by Gasteiger charge is 2.17. The maximum Gasteiger partial charge on any atom is 0.246 e. The highest BCUT2D eigenvalue weighted by Crippen LogP contribution is 2.15. The van der Waals surface area contributed by atoms with Gasteiger partial charge in [0.2, 0.25) is 11.8 Å². The molecule has 0 aliphatic carbocycles. The molecule has 1 atom stereocenters. The minimum Gasteiger partial charge on any atom is -0.497 e. The lowest BCUT2D eigenvalue weighted by atomic mass is 10.1. The molecule has 0 spiro atoms. The Morgan fingerprint density at radius 3 is 2.42 bits per heavy atom. The van der Waals surface area contributed by atoms with Crippen molar-refractivity contribution in [3.05, 3.63) is 36.7 Å². The Morgan fingerprint density at radius 2 is 1.85 bits per heavy atom. The summed E-state index contributed by atoms with van der Waals surface area (Å²) in [6.07, 6.45) is 3.06. The average molecular weight is 382 g/mol. The van der Waals surface area contributed by atoms with Crippen LogP contribution in [0.25, 0.3) is 0 Å². The van der Waals surface area contributed by atoms with E-state index in [-0.39, 0.29) is 36.7 Å². The smallest absolute Gasteiger partial charge is 0.246 e. The zero-order chi connectivity index (χ0) is 18.4. The lowest BCUT2D eigenvalue weighted by molar-refractivity contribution is -0.118. The number of methoxy groups -OCH3 is 1. The van der Waals surface area contributed by atoms with E-state index in [1.165, 1.54) is 10.9 Å². The highest BCUT2D eigenvalue weighted by atomic mass is 35.5. The first-order valence-corrected chi connectivity index (χ1v) is 7.92. The molecule has 0 fully saturated rings. The number of anilines is 2. The molecular weight excluding hydrogens is 358 g/mol. The van der Waals surface area contributed by atoms with Gasteiger partial charge in [-0.3, -0.25) is 14.3 Å². The first-order valence-electron chi connectivity index (χ1n) is 7.92. The van der Waals surface area contributed by atoms with Gasteiger partial charge in [0.25, 0.3) is 0 Å². The van der Waals surface area contributed by atoms with E-state index in [0.717, 1.165) is 0 Å². The zero-order valence-corrected chi connectivity index (χ0v) is 15.7. The topological polar surface area (TPSA) is 111 Å². The zero-order valence-electron chi connectivity index (χ0n) is 14.9. The van der Waals surface area contributed by atoms with Gasteiger partial charge in [0.15, 0.2) is 0 Å². The summed E-state index contributed by atoms with van der Waals surface area (Å²) in [5.74, 6) is 0.234. The van der Waals surface area contributed by atoms with Crippen LogP contribution < -0.4 is 21.1 Å². The number of nitrogens with one attached hydrogen (secondary N) is 2. The minimum absolute atomic E-state index is 0. The van der Waals surface area contributed by atoms with Gasteiger partial charge in [-0.05, 0) is 30.2 Å². The molecular formula is C17H24ClN5O3. The molecule has 0 radical (unpaired) electrons. The van der Waals surface area contributed by atoms with Gasteiger partial charge in [-0.2, -0.15) is 5.10 Å². The van der Waals surface area contributed by atoms with Crippen molar-refractivity contribution in [2.45, 2.75) is 26.4 Å². The minimum atomic E-state index is -0.596. The summed E-state index contributed by atoms with van der Waals surface area (Å²) in [5.41, 5.74) is 6.95. The second-order valence-electron chi connectivity index (χ2n) is 5.96. The van der Waals surface area contributed by atoms with E-state index in [1.807, 2.05) is 13.8 Å². The van der Waals surface area contributed by atoms with E-state index in [9.17, 15) is 9.59 Å². The SMILES string of the molecule is COc1ccc(NC(=O)Cn2cc(NC(=O)[C@@H](N)C(C)C)cn2)cc1.Cl. The fourth-order valence-corrected chi connectivity index (χ4v) is 2.06. The molecule has 2 rings (SSSR count). The van der Waals surface area contributed by atoms with Crippen LogP contribution >= 0.6 is 12.4 Å². The van der Waals surface area contributed by atoms with Crippen LogP contribution in [0, 0.1) is 5.92 Å². The number of rotatable bonds is 7. The summed E-state index contributed by atoms with van der Waals surface area (Å²) in [6.45, 7) is 3.77. The van der Waals surface area contributed by atoms with Crippen LogP contribution in [0.1, 0.15) is 13.8 Å². The molecule has 1 aromatic heterocycles. The van der Waals surface area contributed by atoms with Crippen molar-refractivity contribution in [1.29, 1.82) is 0 Å². The number of carbonyl (C=O) groups excluding carboxylic acids is 2. The summed E-state index contributed by atoms with van der Waals surface area (Å²) < 4.78 is 6.51. The molecule has 1 heterocycles. The standard InChI is InChI=1S/C17H23N5O3.ClH/c1-11(2)16(18)17(24)21-13-8-19-22(9-13)10-15(23)20-12-4-6-14(25-3)7-5-12;/h4-9,11,16H,10,18H2,1-3H3,(H,20,23)(H,21,24);1H/t16-;/m0./s1. The Labute approximate surface area is 158 Å². The summed E-state index contributed by atoms with van der Waals surface area (Å²) in [5, 5.41) is 9.51. The fourth-order valence-electron chi connectivity index (χ4n) is 2.06. The van der Waals surface area contributed by atoms with Crippen LogP contribution in [0.15, 0.2) is 36.7 Å². The Kier molecular flexibility index (Phi) is 8.08. The van der Waals surface area contributed by atoms with Crippen LogP contribution in [-0.2, 0) is 16.1 Å². The Balaban J connectivity index is 0.00000338. The monoisotopic (exact) mass is 381 g/mol. The average Bonchev–Trinajstić information content (AvgIpc) is 3.01. The third-order valence-corrected chi connectivity index (χ3v) is 3.60. The van der Waals surface area contributed by atoms with Crippen molar-refractivity contribution in [3.63, 3.8) is 0 Å². The van der Waals surface area contributed by atoms with Gasteiger partial charge < -0.3 is 21.1 Å². The number of aromatic nitrogens is 2. The molecule has 0 saturated carbocycles. The van der Waals surface area contributed by atoms with E-state index >= 15 is 0 Å². The first-order chi connectivity index (χ1) is 11.9. The van der Waals surface area contributed by atoms with Crippen LogP contribution in [0.2, 0.25) is 0 Å². The number of amides is 2. The molecule has 0 unspecified atom stereocenters. The molecule has 4 N–H and O–H groups in total. The number of hydrogen-bond donors (Lipinski definition) is 3. The molecule has 2 aromatic rings. The van der Waals surface area contributed by atoms with Gasteiger partial charge in [-0.15, -0.1) is 12.4 Å². The summed E-state index contributed by atoms with van der Waals surface area (Å²) >= 11 is 0. The number of hydrogen-bond acceptors (Lipinski definition) is 5. The van der Waals surface area contributed by atoms with Crippen molar-refractivity contribution >= 4 is 35.6 Å². The van der Waals surface area contributed by atoms with Crippen molar-refractivity contribution in [1.82, 2.24) is 9.78 Å². The number of halogens is 1. The van der Waals surface area contributed by atoms with Crippen LogP contribution in [-0.4, -0.2) is 34.7 Å². The maximum atomic E-state index is 12.1. The largest absolute Gasteiger partial charge is 0.497 e. The molecule has 0 bridgehead atoms. The summed E-state index contributed by atoms with van der Waals surface area (Å²) in [7, 11) is 1.58. The Morgan fingerprint density at radius 1 is 1.19 bits per heavy atom. The Bertz CT molecular complexity index is 730. The van der Waals surface area contributed by atoms with Gasteiger partial charge in [0, 0.05) is 11.9 Å². The number of nitrogens with two attached hydrogens (primary N) is 1. The van der Waals surface area contributed by atoms with Crippen LogP contribution in [0.5, 0.6) is 5.75 Å². The number of nitrogens with zero attached hydrogens (tertiary/aromatic N) is 2.